The zero-order valence-electron chi connectivity index (χ0n) is 11.9. The molecule has 1 fully saturated rings. The van der Waals surface area contributed by atoms with Gasteiger partial charge in [-0.15, -0.1) is 0 Å². The van der Waals surface area contributed by atoms with Gasteiger partial charge in [0.15, 0.2) is 0 Å². The third-order valence-corrected chi connectivity index (χ3v) is 3.81. The number of carbonyl (C=O) groups excluding carboxylic acids is 1. The highest BCUT2D eigenvalue weighted by Crippen LogP contribution is 2.43. The number of halogens is 2. The van der Waals surface area contributed by atoms with E-state index in [1.165, 1.54) is 0 Å². The van der Waals surface area contributed by atoms with Crippen LogP contribution in [-0.4, -0.2) is 17.9 Å². The minimum Gasteiger partial charge on any atom is -0.444 e. The van der Waals surface area contributed by atoms with Crippen LogP contribution in [0.2, 0.25) is 0 Å². The maximum absolute atomic E-state index is 13.4. The lowest BCUT2D eigenvalue weighted by molar-refractivity contribution is 0.0202. The van der Waals surface area contributed by atoms with E-state index in [-0.39, 0.29) is 12.8 Å². The second-order valence-electron chi connectivity index (χ2n) is 6.22. The Bertz CT molecular complexity index is 490. The van der Waals surface area contributed by atoms with Crippen molar-refractivity contribution in [1.29, 1.82) is 0 Å². The molecule has 1 N–H and O–H groups in total. The molecule has 110 valence electrons. The molecule has 0 aromatic heterocycles. The largest absolute Gasteiger partial charge is 0.444 e. The topological polar surface area (TPSA) is 38.3 Å². The van der Waals surface area contributed by atoms with E-state index in [2.05, 4.69) is 21.2 Å². The molecule has 3 nitrogen and oxygen atoms in total. The summed E-state index contributed by atoms with van der Waals surface area (Å²) >= 11 is 3.37. The summed E-state index contributed by atoms with van der Waals surface area (Å²) in [6.45, 7) is 5.41. The van der Waals surface area contributed by atoms with Crippen molar-refractivity contribution in [3.8, 4) is 0 Å². The van der Waals surface area contributed by atoms with Crippen molar-refractivity contribution >= 4 is 22.0 Å². The van der Waals surface area contributed by atoms with Crippen molar-refractivity contribution in [1.82, 2.24) is 5.32 Å². The Hall–Kier alpha value is -1.10. The Morgan fingerprint density at radius 2 is 1.90 bits per heavy atom. The van der Waals surface area contributed by atoms with E-state index < -0.39 is 23.4 Å². The van der Waals surface area contributed by atoms with E-state index >= 15 is 0 Å². The van der Waals surface area contributed by atoms with Crippen molar-refractivity contribution < 1.29 is 13.9 Å². The first-order chi connectivity index (χ1) is 9.20. The van der Waals surface area contributed by atoms with Crippen LogP contribution >= 0.6 is 15.9 Å². The molecule has 1 amide bonds. The van der Waals surface area contributed by atoms with Gasteiger partial charge in [0, 0.05) is 17.3 Å². The molecule has 0 aliphatic heterocycles. The van der Waals surface area contributed by atoms with Gasteiger partial charge in [0.25, 0.3) is 0 Å². The number of rotatable bonds is 2. The number of hydrogen-bond donors (Lipinski definition) is 1. The first kappa shape index (κ1) is 15.3. The maximum Gasteiger partial charge on any atom is 0.408 e. The van der Waals surface area contributed by atoms with Crippen molar-refractivity contribution in [2.45, 2.75) is 50.9 Å². The van der Waals surface area contributed by atoms with Crippen LogP contribution in [0.1, 0.15) is 39.2 Å². The lowest BCUT2D eigenvalue weighted by Gasteiger charge is -2.45. The first-order valence-electron chi connectivity index (χ1n) is 6.61. The Kier molecular flexibility index (Phi) is 4.09. The number of hydrogen-bond acceptors (Lipinski definition) is 2. The summed E-state index contributed by atoms with van der Waals surface area (Å²) in [7, 11) is 0. The number of benzene rings is 1. The van der Waals surface area contributed by atoms with Crippen LogP contribution in [0.5, 0.6) is 0 Å². The first-order valence-corrected chi connectivity index (χ1v) is 7.41. The molecular formula is C15H19BrFNO2. The summed E-state index contributed by atoms with van der Waals surface area (Å²) in [4.78, 5) is 11.9. The molecule has 0 atom stereocenters. The quantitative estimate of drug-likeness (QED) is 0.869. The van der Waals surface area contributed by atoms with Crippen molar-refractivity contribution in [3.05, 3.63) is 34.3 Å². The van der Waals surface area contributed by atoms with E-state index in [1.807, 2.05) is 24.3 Å². The van der Waals surface area contributed by atoms with Gasteiger partial charge in [0.2, 0.25) is 0 Å². The standard InChI is InChI=1S/C15H19BrFNO2/c1-14(2,3)20-13(19)18-15(8-12(17)9-15)10-4-6-11(16)7-5-10/h4-7,12H,8-9H2,1-3H3,(H,18,19). The van der Waals surface area contributed by atoms with Crippen LogP contribution in [0.3, 0.4) is 0 Å². The van der Waals surface area contributed by atoms with Crippen molar-refractivity contribution in [2.24, 2.45) is 0 Å². The molecule has 0 heterocycles. The zero-order chi connectivity index (χ0) is 15.0. The van der Waals surface area contributed by atoms with Crippen LogP contribution < -0.4 is 5.32 Å². The summed E-state index contributed by atoms with van der Waals surface area (Å²) in [6, 6.07) is 7.57. The van der Waals surface area contributed by atoms with Crippen LogP contribution in [0.4, 0.5) is 9.18 Å². The number of nitrogens with one attached hydrogen (secondary N) is 1. The van der Waals surface area contributed by atoms with E-state index in [1.54, 1.807) is 20.8 Å². The molecule has 2 rings (SSSR count). The van der Waals surface area contributed by atoms with Gasteiger partial charge >= 0.3 is 6.09 Å². The molecule has 0 bridgehead atoms. The molecule has 1 aliphatic carbocycles. The van der Waals surface area contributed by atoms with Gasteiger partial charge in [-0.1, -0.05) is 28.1 Å². The SMILES string of the molecule is CC(C)(C)OC(=O)NC1(c2ccc(Br)cc2)CC(F)C1. The van der Waals surface area contributed by atoms with Crippen LogP contribution in [0.25, 0.3) is 0 Å². The van der Waals surface area contributed by atoms with Crippen LogP contribution in [0.15, 0.2) is 28.7 Å². The highest BCUT2D eigenvalue weighted by Gasteiger charge is 2.47. The molecule has 0 unspecified atom stereocenters. The van der Waals surface area contributed by atoms with Gasteiger partial charge in [-0.3, -0.25) is 0 Å². The van der Waals surface area contributed by atoms with E-state index in [9.17, 15) is 9.18 Å². The second kappa shape index (κ2) is 5.35. The van der Waals surface area contributed by atoms with Gasteiger partial charge in [0.1, 0.15) is 11.8 Å². The average Bonchev–Trinajstić information content (AvgIpc) is 2.24. The Morgan fingerprint density at radius 3 is 2.35 bits per heavy atom. The molecule has 1 aromatic carbocycles. The molecule has 1 saturated carbocycles. The summed E-state index contributed by atoms with van der Waals surface area (Å²) in [6.07, 6.45) is -0.817. The monoisotopic (exact) mass is 343 g/mol. The average molecular weight is 344 g/mol. The predicted molar refractivity (Wildman–Crippen MR) is 79.3 cm³/mol. The lowest BCUT2D eigenvalue weighted by atomic mass is 9.70. The predicted octanol–water partition coefficient (Wildman–Crippen LogP) is 4.30. The molecule has 0 radical (unpaired) electrons. The minimum absolute atomic E-state index is 0.286. The lowest BCUT2D eigenvalue weighted by Crippen LogP contribution is -2.56. The smallest absolute Gasteiger partial charge is 0.408 e. The second-order valence-corrected chi connectivity index (χ2v) is 7.14. The Balaban J connectivity index is 2.14. The van der Waals surface area contributed by atoms with Crippen LogP contribution in [-0.2, 0) is 10.3 Å². The van der Waals surface area contributed by atoms with E-state index in [0.29, 0.717) is 0 Å². The highest BCUT2D eigenvalue weighted by atomic mass is 79.9. The molecule has 0 spiro atoms. The fourth-order valence-electron chi connectivity index (χ4n) is 2.37. The zero-order valence-corrected chi connectivity index (χ0v) is 13.5. The van der Waals surface area contributed by atoms with Crippen molar-refractivity contribution in [3.63, 3.8) is 0 Å². The normalized spacial score (nSPS) is 25.8. The Morgan fingerprint density at radius 1 is 1.35 bits per heavy atom. The molecule has 1 aliphatic rings. The number of amides is 1. The van der Waals surface area contributed by atoms with E-state index in [4.69, 9.17) is 4.74 Å². The van der Waals surface area contributed by atoms with Gasteiger partial charge in [-0.2, -0.15) is 0 Å². The minimum atomic E-state index is -0.881. The van der Waals surface area contributed by atoms with Gasteiger partial charge in [-0.25, -0.2) is 9.18 Å². The maximum atomic E-state index is 13.4. The fourth-order valence-corrected chi connectivity index (χ4v) is 2.64. The number of alkyl halides is 1. The molecule has 5 heteroatoms. The number of ether oxygens (including phenoxy) is 1. The third kappa shape index (κ3) is 3.51. The summed E-state index contributed by atoms with van der Waals surface area (Å²) in [5.74, 6) is 0. The highest BCUT2D eigenvalue weighted by molar-refractivity contribution is 9.10. The molecule has 1 aromatic rings. The van der Waals surface area contributed by atoms with Gasteiger partial charge < -0.3 is 10.1 Å². The van der Waals surface area contributed by atoms with Gasteiger partial charge in [0.05, 0.1) is 5.54 Å². The van der Waals surface area contributed by atoms with Crippen LogP contribution in [0, 0.1) is 0 Å². The molecular weight excluding hydrogens is 325 g/mol. The summed E-state index contributed by atoms with van der Waals surface area (Å²) in [5, 5.41) is 2.84. The van der Waals surface area contributed by atoms with Crippen molar-refractivity contribution in [2.75, 3.05) is 0 Å². The summed E-state index contributed by atoms with van der Waals surface area (Å²) < 4.78 is 19.6. The molecule has 0 saturated heterocycles. The fraction of sp³-hybridized carbons (Fsp3) is 0.533. The van der Waals surface area contributed by atoms with Gasteiger partial charge in [-0.05, 0) is 38.5 Å². The number of alkyl carbamates (subject to hydrolysis) is 1. The summed E-state index contributed by atoms with van der Waals surface area (Å²) in [5.41, 5.74) is -0.313. The van der Waals surface area contributed by atoms with E-state index in [0.717, 1.165) is 10.0 Å². The number of carbonyl (C=O) groups is 1. The Labute approximate surface area is 127 Å². The third-order valence-electron chi connectivity index (χ3n) is 3.28. The molecule has 20 heavy (non-hydrogen) atoms.